The monoisotopic (exact) mass is 453 g/mol. The minimum Gasteiger partial charge on any atom is -0.461 e. The molecule has 3 rings (SSSR count). The summed E-state index contributed by atoms with van der Waals surface area (Å²) in [6.07, 6.45) is 0.512. The lowest BCUT2D eigenvalue weighted by Crippen LogP contribution is -2.04. The van der Waals surface area contributed by atoms with Crippen molar-refractivity contribution >= 4 is 47.3 Å². The highest BCUT2D eigenvalue weighted by molar-refractivity contribution is 9.10. The molecular formula is C21H24BrClFOSi. The van der Waals surface area contributed by atoms with E-state index < -0.39 is 0 Å². The molecule has 0 aliphatic heterocycles. The average Bonchev–Trinajstić information content (AvgIpc) is 3.00. The maximum absolute atomic E-state index is 13.3. The van der Waals surface area contributed by atoms with Crippen molar-refractivity contribution in [2.45, 2.75) is 45.3 Å². The van der Waals surface area contributed by atoms with Gasteiger partial charge in [0, 0.05) is 30.1 Å². The summed E-state index contributed by atoms with van der Waals surface area (Å²) in [5.74, 6) is 0.448. The Morgan fingerprint density at radius 3 is 2.27 bits per heavy atom. The number of hydrogen-bond donors (Lipinski definition) is 0. The van der Waals surface area contributed by atoms with Crippen LogP contribution in [0.5, 0.6) is 0 Å². The van der Waals surface area contributed by atoms with Crippen LogP contribution in [0.4, 0.5) is 4.39 Å². The first-order valence-corrected chi connectivity index (χ1v) is 12.2. The summed E-state index contributed by atoms with van der Waals surface area (Å²) in [5, 5.41) is 1.41. The number of fused-ring (bicyclic) bond motifs is 1. The zero-order valence-corrected chi connectivity index (χ0v) is 18.8. The fourth-order valence-electron chi connectivity index (χ4n) is 2.83. The van der Waals surface area contributed by atoms with Crippen LogP contribution in [-0.4, -0.2) is 8.80 Å². The average molecular weight is 455 g/mol. The molecular weight excluding hydrogens is 431 g/mol. The van der Waals surface area contributed by atoms with Crippen molar-refractivity contribution < 1.29 is 8.81 Å². The first-order valence-electron chi connectivity index (χ1n) is 8.92. The number of halogens is 3. The van der Waals surface area contributed by atoms with Gasteiger partial charge in [-0.15, -0.1) is 0 Å². The molecule has 0 saturated carbocycles. The minimum atomic E-state index is -0.334. The van der Waals surface area contributed by atoms with Crippen LogP contribution in [0.3, 0.4) is 0 Å². The van der Waals surface area contributed by atoms with E-state index in [-0.39, 0.29) is 14.6 Å². The Hall–Kier alpha value is -1.10. The lowest BCUT2D eigenvalue weighted by molar-refractivity contribution is 0.561. The molecule has 0 saturated heterocycles. The van der Waals surface area contributed by atoms with Gasteiger partial charge in [0.1, 0.15) is 17.2 Å². The van der Waals surface area contributed by atoms with Crippen molar-refractivity contribution in [3.05, 3.63) is 69.1 Å². The van der Waals surface area contributed by atoms with Crippen LogP contribution in [-0.2, 0) is 6.42 Å². The number of furan rings is 1. The second kappa shape index (κ2) is 10.3. The number of benzene rings is 2. The zero-order valence-electron chi connectivity index (χ0n) is 15.4. The maximum Gasteiger partial charge on any atom is 0.135 e. The Morgan fingerprint density at radius 1 is 1.04 bits per heavy atom. The third-order valence-electron chi connectivity index (χ3n) is 4.36. The van der Waals surface area contributed by atoms with Gasteiger partial charge in [-0.25, -0.2) is 4.39 Å². The predicted octanol–water partition coefficient (Wildman–Crippen LogP) is 8.12. The van der Waals surface area contributed by atoms with Gasteiger partial charge in [-0.05, 0) is 42.0 Å². The number of rotatable bonds is 5. The molecule has 0 aliphatic rings. The van der Waals surface area contributed by atoms with Crippen molar-refractivity contribution in [2.75, 3.05) is 0 Å². The molecule has 0 aliphatic carbocycles. The standard InChI is InChI=1S/C15H9BrClFO.C6H15Si/c16-14-2-1-3-15-13(14)8-12(19-15)6-9-4-10(17)7-11(18)5-9;1-4-7(5-2)6-3/h1-5,7-8H,6H2;4-6H2,1-3H3. The van der Waals surface area contributed by atoms with Crippen molar-refractivity contribution in [2.24, 2.45) is 0 Å². The van der Waals surface area contributed by atoms with Crippen LogP contribution < -0.4 is 0 Å². The summed E-state index contributed by atoms with van der Waals surface area (Å²) in [4.78, 5) is 0. The molecule has 0 unspecified atom stereocenters. The minimum absolute atomic E-state index is 0.137. The molecule has 1 aromatic heterocycles. The fourth-order valence-corrected chi connectivity index (χ4v) is 5.04. The molecule has 0 atom stereocenters. The van der Waals surface area contributed by atoms with Crippen molar-refractivity contribution in [3.63, 3.8) is 0 Å². The molecule has 0 N–H and O–H groups in total. The van der Waals surface area contributed by atoms with Gasteiger partial charge in [0.15, 0.2) is 0 Å². The van der Waals surface area contributed by atoms with Gasteiger partial charge in [-0.1, -0.05) is 72.5 Å². The summed E-state index contributed by atoms with van der Waals surface area (Å²) in [5.41, 5.74) is 1.60. The van der Waals surface area contributed by atoms with Crippen LogP contribution in [0.2, 0.25) is 23.2 Å². The molecule has 0 fully saturated rings. The van der Waals surface area contributed by atoms with E-state index in [1.165, 1.54) is 30.3 Å². The first kappa shape index (κ1) is 21.2. The highest BCUT2D eigenvalue weighted by Gasteiger charge is 2.08. The molecule has 0 amide bonds. The maximum atomic E-state index is 13.3. The van der Waals surface area contributed by atoms with Crippen molar-refractivity contribution in [1.82, 2.24) is 0 Å². The smallest absolute Gasteiger partial charge is 0.135 e. The van der Waals surface area contributed by atoms with Gasteiger partial charge in [0.05, 0.1) is 0 Å². The van der Waals surface area contributed by atoms with Gasteiger partial charge < -0.3 is 4.42 Å². The molecule has 26 heavy (non-hydrogen) atoms. The van der Waals surface area contributed by atoms with Gasteiger partial charge in [-0.3, -0.25) is 0 Å². The lowest BCUT2D eigenvalue weighted by Gasteiger charge is -2.02. The largest absolute Gasteiger partial charge is 0.461 e. The molecule has 0 spiro atoms. The van der Waals surface area contributed by atoms with E-state index >= 15 is 0 Å². The summed E-state index contributed by atoms with van der Waals surface area (Å²) >= 11 is 9.32. The lowest BCUT2D eigenvalue weighted by atomic mass is 10.1. The Morgan fingerprint density at radius 2 is 1.73 bits per heavy atom. The Balaban J connectivity index is 0.000000298. The van der Waals surface area contributed by atoms with Crippen LogP contribution >= 0.6 is 27.5 Å². The van der Waals surface area contributed by atoms with E-state index in [0.29, 0.717) is 11.4 Å². The van der Waals surface area contributed by atoms with Gasteiger partial charge in [0.25, 0.3) is 0 Å². The molecule has 5 heteroatoms. The summed E-state index contributed by atoms with van der Waals surface area (Å²) in [6, 6.07) is 16.6. The van der Waals surface area contributed by atoms with Crippen molar-refractivity contribution in [3.8, 4) is 0 Å². The second-order valence-corrected chi connectivity index (χ2v) is 11.0. The van der Waals surface area contributed by atoms with Crippen LogP contribution in [0.1, 0.15) is 32.1 Å². The van der Waals surface area contributed by atoms with E-state index in [4.69, 9.17) is 16.0 Å². The van der Waals surface area contributed by atoms with Gasteiger partial charge in [-0.2, -0.15) is 0 Å². The summed E-state index contributed by atoms with van der Waals surface area (Å²) in [6.45, 7) is 6.92. The quantitative estimate of drug-likeness (QED) is 0.355. The first-order chi connectivity index (χ1) is 12.5. The third kappa shape index (κ3) is 5.97. The third-order valence-corrected chi connectivity index (χ3v) is 8.27. The summed E-state index contributed by atoms with van der Waals surface area (Å²) in [7, 11) is 0.137. The Labute approximate surface area is 170 Å². The van der Waals surface area contributed by atoms with Crippen LogP contribution in [0.15, 0.2) is 51.4 Å². The van der Waals surface area contributed by atoms with Crippen molar-refractivity contribution in [1.29, 1.82) is 0 Å². The molecule has 3 aromatic rings. The normalized spacial score (nSPS) is 10.9. The van der Waals surface area contributed by atoms with E-state index in [1.807, 2.05) is 24.3 Å². The van der Waals surface area contributed by atoms with Crippen LogP contribution in [0.25, 0.3) is 11.0 Å². The van der Waals surface area contributed by atoms with E-state index in [2.05, 4.69) is 36.7 Å². The topological polar surface area (TPSA) is 13.1 Å². The predicted molar refractivity (Wildman–Crippen MR) is 115 cm³/mol. The zero-order chi connectivity index (χ0) is 19.1. The molecule has 0 bridgehead atoms. The molecule has 1 radical (unpaired) electrons. The second-order valence-electron chi connectivity index (χ2n) is 6.13. The molecule has 139 valence electrons. The van der Waals surface area contributed by atoms with Gasteiger partial charge >= 0.3 is 0 Å². The molecule has 1 heterocycles. The summed E-state index contributed by atoms with van der Waals surface area (Å²) < 4.78 is 20.0. The highest BCUT2D eigenvalue weighted by Crippen LogP contribution is 2.28. The van der Waals surface area contributed by atoms with Crippen LogP contribution in [0, 0.1) is 5.82 Å². The SMILES string of the molecule is CC[Si](CC)CC.Fc1cc(Cl)cc(Cc2cc3c(Br)cccc3o2)c1. The van der Waals surface area contributed by atoms with E-state index in [0.717, 1.165) is 26.8 Å². The fraction of sp³-hybridized carbons (Fsp3) is 0.333. The Kier molecular flexibility index (Phi) is 8.39. The van der Waals surface area contributed by atoms with Gasteiger partial charge in [0.2, 0.25) is 0 Å². The molecule has 2 aromatic carbocycles. The Bertz CT molecular complexity index is 819. The number of hydrogen-bond acceptors (Lipinski definition) is 1. The van der Waals surface area contributed by atoms with E-state index in [9.17, 15) is 4.39 Å². The molecule has 1 nitrogen and oxygen atoms in total. The van der Waals surface area contributed by atoms with E-state index in [1.54, 1.807) is 6.07 Å². The highest BCUT2D eigenvalue weighted by atomic mass is 79.9.